The Labute approximate surface area is 100 Å². The molecule has 0 aromatic heterocycles. The minimum Gasteiger partial charge on any atom is -0.497 e. The lowest BCUT2D eigenvalue weighted by Crippen LogP contribution is -2.22. The Balaban J connectivity index is 1.69. The highest BCUT2D eigenvalue weighted by atomic mass is 16.5. The second-order valence-electron chi connectivity index (χ2n) is 4.88. The Morgan fingerprint density at radius 3 is 2.53 bits per heavy atom. The molecule has 0 bridgehead atoms. The molecular weight excluding hydrogens is 216 g/mol. The Morgan fingerprint density at radius 1 is 1.47 bits per heavy atom. The lowest BCUT2D eigenvalue weighted by Gasteiger charge is -2.05. The molecule has 2 aliphatic rings. The van der Waals surface area contributed by atoms with Crippen LogP contribution in [0.2, 0.25) is 0 Å². The number of carbonyl (C=O) groups excluding carboxylic acids is 1. The zero-order valence-corrected chi connectivity index (χ0v) is 9.85. The van der Waals surface area contributed by atoms with Crippen molar-refractivity contribution < 1.29 is 9.53 Å². The van der Waals surface area contributed by atoms with Gasteiger partial charge in [-0.2, -0.15) is 0 Å². The number of hydrogen-bond acceptors (Lipinski definition) is 3. The number of carbonyl (C=O) groups is 1. The van der Waals surface area contributed by atoms with Crippen molar-refractivity contribution in [1.29, 1.82) is 0 Å². The molecule has 2 atom stereocenters. The van der Waals surface area contributed by atoms with Crippen molar-refractivity contribution in [2.45, 2.75) is 31.0 Å². The van der Waals surface area contributed by atoms with E-state index in [0.717, 1.165) is 25.1 Å². The first-order valence-electron chi connectivity index (χ1n) is 5.86. The van der Waals surface area contributed by atoms with Gasteiger partial charge in [-0.15, -0.1) is 0 Å². The van der Waals surface area contributed by atoms with Crippen LogP contribution in [0.4, 0.5) is 0 Å². The van der Waals surface area contributed by atoms with Crippen LogP contribution in [-0.2, 0) is 11.3 Å². The molecule has 1 aromatic carbocycles. The van der Waals surface area contributed by atoms with Crippen LogP contribution < -0.4 is 10.5 Å². The molecule has 2 unspecified atom stereocenters. The number of methoxy groups -OCH3 is 1. The summed E-state index contributed by atoms with van der Waals surface area (Å²) in [6, 6.07) is 7.91. The van der Waals surface area contributed by atoms with E-state index in [0.29, 0.717) is 0 Å². The molecule has 2 N–H and O–H groups in total. The fourth-order valence-electron chi connectivity index (χ4n) is 2.72. The molecule has 0 radical (unpaired) electrons. The summed E-state index contributed by atoms with van der Waals surface area (Å²) in [5, 5.41) is 0. The van der Waals surface area contributed by atoms with Crippen molar-refractivity contribution in [1.82, 2.24) is 4.90 Å². The Bertz CT molecular complexity index is 451. The van der Waals surface area contributed by atoms with Gasteiger partial charge in [-0.25, -0.2) is 0 Å². The van der Waals surface area contributed by atoms with E-state index in [1.807, 2.05) is 24.3 Å². The van der Waals surface area contributed by atoms with E-state index in [9.17, 15) is 4.79 Å². The van der Waals surface area contributed by atoms with Gasteiger partial charge in [0.05, 0.1) is 7.11 Å². The molecule has 1 saturated heterocycles. The summed E-state index contributed by atoms with van der Waals surface area (Å²) >= 11 is 0. The third-order valence-electron chi connectivity index (χ3n) is 3.87. The summed E-state index contributed by atoms with van der Waals surface area (Å²) in [4.78, 5) is 13.5. The molecule has 1 spiro atoms. The first-order chi connectivity index (χ1) is 8.17. The lowest BCUT2D eigenvalue weighted by molar-refractivity contribution is -0.118. The molecule has 4 heteroatoms. The van der Waals surface area contributed by atoms with Crippen molar-refractivity contribution in [2.75, 3.05) is 7.11 Å². The average Bonchev–Trinajstić information content (AvgIpc) is 3.21. The highest BCUT2D eigenvalue weighted by Gasteiger charge is 2.72. The van der Waals surface area contributed by atoms with E-state index in [4.69, 9.17) is 10.5 Å². The van der Waals surface area contributed by atoms with Crippen LogP contribution in [0.1, 0.15) is 18.4 Å². The zero-order chi connectivity index (χ0) is 12.0. The third-order valence-corrected chi connectivity index (χ3v) is 3.87. The average molecular weight is 232 g/mol. The molecular formula is C13H16N2O2. The number of primary amides is 1. The van der Waals surface area contributed by atoms with Crippen molar-refractivity contribution in [2.24, 2.45) is 5.73 Å². The normalized spacial score (nSPS) is 27.8. The molecule has 1 heterocycles. The molecule has 1 aliphatic heterocycles. The highest BCUT2D eigenvalue weighted by molar-refractivity contribution is 5.86. The smallest absolute Gasteiger partial charge is 0.236 e. The van der Waals surface area contributed by atoms with Gasteiger partial charge in [0.15, 0.2) is 0 Å². The molecule has 1 saturated carbocycles. The maximum atomic E-state index is 11.3. The predicted molar refractivity (Wildman–Crippen MR) is 63.5 cm³/mol. The molecule has 2 fully saturated rings. The Morgan fingerprint density at radius 2 is 2.12 bits per heavy atom. The van der Waals surface area contributed by atoms with Crippen LogP contribution in [0.3, 0.4) is 0 Å². The summed E-state index contributed by atoms with van der Waals surface area (Å²) in [6.07, 6.45) is 2.22. The number of nitrogens with two attached hydrogens (primary N) is 1. The van der Waals surface area contributed by atoms with Crippen LogP contribution in [0.15, 0.2) is 24.3 Å². The van der Waals surface area contributed by atoms with Gasteiger partial charge in [0.25, 0.3) is 0 Å². The van der Waals surface area contributed by atoms with Gasteiger partial charge in [-0.1, -0.05) is 12.1 Å². The quantitative estimate of drug-likeness (QED) is 0.785. The Kier molecular flexibility index (Phi) is 2.16. The molecule has 1 aliphatic carbocycles. The van der Waals surface area contributed by atoms with Crippen LogP contribution >= 0.6 is 0 Å². The topological polar surface area (TPSA) is 55.3 Å². The van der Waals surface area contributed by atoms with Gasteiger partial charge in [0, 0.05) is 12.1 Å². The standard InChI is InChI=1S/C13H16N2O2/c1-17-10-4-2-9(3-5-10)8-15-11(12(14)16)13(15)6-7-13/h2-5,11H,6-8H2,1H3,(H2,14,16). The van der Waals surface area contributed by atoms with E-state index in [2.05, 4.69) is 4.90 Å². The number of amides is 1. The van der Waals surface area contributed by atoms with Gasteiger partial charge in [-0.05, 0) is 30.5 Å². The number of ether oxygens (including phenoxy) is 1. The van der Waals surface area contributed by atoms with Gasteiger partial charge >= 0.3 is 0 Å². The lowest BCUT2D eigenvalue weighted by atomic mass is 10.2. The molecule has 1 aromatic rings. The summed E-state index contributed by atoms with van der Waals surface area (Å²) in [6.45, 7) is 0.803. The SMILES string of the molecule is COc1ccc(CN2C(C(N)=O)C23CC3)cc1. The minimum absolute atomic E-state index is 0.0374. The van der Waals surface area contributed by atoms with E-state index >= 15 is 0 Å². The van der Waals surface area contributed by atoms with Crippen molar-refractivity contribution in [3.63, 3.8) is 0 Å². The number of benzene rings is 1. The van der Waals surface area contributed by atoms with Crippen LogP contribution in [-0.4, -0.2) is 29.5 Å². The fraction of sp³-hybridized carbons (Fsp3) is 0.462. The van der Waals surface area contributed by atoms with Gasteiger partial charge < -0.3 is 10.5 Å². The first-order valence-corrected chi connectivity index (χ1v) is 5.86. The van der Waals surface area contributed by atoms with Gasteiger partial charge in [-0.3, -0.25) is 9.69 Å². The molecule has 3 rings (SSSR count). The van der Waals surface area contributed by atoms with E-state index in [1.54, 1.807) is 7.11 Å². The zero-order valence-electron chi connectivity index (χ0n) is 9.85. The largest absolute Gasteiger partial charge is 0.497 e. The summed E-state index contributed by atoms with van der Waals surface area (Å²) in [5.41, 5.74) is 6.73. The monoisotopic (exact) mass is 232 g/mol. The highest BCUT2D eigenvalue weighted by Crippen LogP contribution is 2.60. The Hall–Kier alpha value is -1.55. The van der Waals surface area contributed by atoms with Crippen molar-refractivity contribution in [3.05, 3.63) is 29.8 Å². The maximum Gasteiger partial charge on any atom is 0.236 e. The second kappa shape index (κ2) is 3.47. The fourth-order valence-corrected chi connectivity index (χ4v) is 2.72. The summed E-state index contributed by atoms with van der Waals surface area (Å²) < 4.78 is 5.11. The number of nitrogens with zero attached hydrogens (tertiary/aromatic N) is 1. The van der Waals surface area contributed by atoms with Gasteiger partial charge in [0.1, 0.15) is 11.8 Å². The van der Waals surface area contributed by atoms with Crippen LogP contribution in [0.5, 0.6) is 5.75 Å². The third kappa shape index (κ3) is 1.60. The molecule has 17 heavy (non-hydrogen) atoms. The molecule has 90 valence electrons. The maximum absolute atomic E-state index is 11.3. The number of hydrogen-bond donors (Lipinski definition) is 1. The van der Waals surface area contributed by atoms with Crippen molar-refractivity contribution in [3.8, 4) is 5.75 Å². The van der Waals surface area contributed by atoms with E-state index in [-0.39, 0.29) is 17.5 Å². The van der Waals surface area contributed by atoms with Gasteiger partial charge in [0.2, 0.25) is 5.91 Å². The van der Waals surface area contributed by atoms with Crippen LogP contribution in [0.25, 0.3) is 0 Å². The second-order valence-corrected chi connectivity index (χ2v) is 4.88. The summed E-state index contributed by atoms with van der Waals surface area (Å²) in [7, 11) is 1.65. The summed E-state index contributed by atoms with van der Waals surface area (Å²) in [5.74, 6) is 0.670. The first kappa shape index (κ1) is 10.6. The van der Waals surface area contributed by atoms with E-state index in [1.165, 1.54) is 5.56 Å². The van der Waals surface area contributed by atoms with E-state index < -0.39 is 0 Å². The van der Waals surface area contributed by atoms with Crippen LogP contribution in [0, 0.1) is 0 Å². The molecule has 4 nitrogen and oxygen atoms in total. The van der Waals surface area contributed by atoms with Crippen molar-refractivity contribution >= 4 is 5.91 Å². The number of rotatable bonds is 4. The predicted octanol–water partition coefficient (Wildman–Crippen LogP) is 0.897. The minimum atomic E-state index is -0.184. The molecule has 1 amide bonds.